The Bertz CT molecular complexity index is 889. The number of para-hydroxylation sites is 1. The summed E-state index contributed by atoms with van der Waals surface area (Å²) in [5.74, 6) is -1.34. The van der Waals surface area contributed by atoms with Crippen LogP contribution in [0, 0.1) is 0 Å². The number of benzene rings is 2. The number of amides is 1. The van der Waals surface area contributed by atoms with Gasteiger partial charge in [-0.2, -0.15) is 0 Å². The lowest BCUT2D eigenvalue weighted by molar-refractivity contribution is -0.143. The number of anilines is 1. The van der Waals surface area contributed by atoms with Gasteiger partial charge < -0.3 is 24.3 Å². The first-order chi connectivity index (χ1) is 14.0. The Morgan fingerprint density at radius 3 is 2.14 bits per heavy atom. The summed E-state index contributed by atoms with van der Waals surface area (Å²) in [6, 6.07) is 13.7. The van der Waals surface area contributed by atoms with Gasteiger partial charge in [-0.15, -0.1) is 0 Å². The van der Waals surface area contributed by atoms with Crippen LogP contribution in [0.4, 0.5) is 5.69 Å². The van der Waals surface area contributed by atoms with Crippen molar-refractivity contribution in [2.75, 3.05) is 33.3 Å². The Morgan fingerprint density at radius 2 is 1.55 bits per heavy atom. The van der Waals surface area contributed by atoms with Gasteiger partial charge >= 0.3 is 11.9 Å². The van der Waals surface area contributed by atoms with E-state index in [0.717, 1.165) is 14.2 Å². The van der Waals surface area contributed by atoms with E-state index in [1.165, 1.54) is 13.2 Å². The lowest BCUT2D eigenvalue weighted by Gasteiger charge is -2.12. The lowest BCUT2D eigenvalue weighted by Crippen LogP contribution is -2.20. The first-order valence-corrected chi connectivity index (χ1v) is 8.52. The van der Waals surface area contributed by atoms with Crippen molar-refractivity contribution >= 4 is 29.6 Å². The number of methoxy groups -OCH3 is 3. The van der Waals surface area contributed by atoms with Gasteiger partial charge in [0.2, 0.25) is 0 Å². The van der Waals surface area contributed by atoms with Gasteiger partial charge in [0.05, 0.1) is 21.3 Å². The summed E-state index contributed by atoms with van der Waals surface area (Å²) >= 11 is 0. The van der Waals surface area contributed by atoms with Crippen LogP contribution in [-0.2, 0) is 23.9 Å². The normalized spacial score (nSPS) is 9.76. The maximum atomic E-state index is 12.0. The van der Waals surface area contributed by atoms with Crippen LogP contribution in [-0.4, -0.2) is 45.8 Å². The standard InChI is InChI=1S/C21H21NO7/c1-26-18-12-14(11-16(20(24)27-2)21(25)28-3)9-10-17(18)29-13-19(23)22-15-7-5-4-6-8-15/h4-12H,13H2,1-3H3,(H,22,23). The summed E-state index contributed by atoms with van der Waals surface area (Å²) in [6.45, 7) is -0.226. The summed E-state index contributed by atoms with van der Waals surface area (Å²) in [5.41, 5.74) is 0.869. The van der Waals surface area contributed by atoms with E-state index in [1.807, 2.05) is 18.2 Å². The van der Waals surface area contributed by atoms with E-state index in [2.05, 4.69) is 14.8 Å². The Morgan fingerprint density at radius 1 is 0.897 bits per heavy atom. The molecule has 152 valence electrons. The number of carbonyl (C=O) groups is 3. The summed E-state index contributed by atoms with van der Waals surface area (Å²) in [7, 11) is 3.76. The van der Waals surface area contributed by atoms with Gasteiger partial charge in [-0.3, -0.25) is 4.79 Å². The van der Waals surface area contributed by atoms with Crippen LogP contribution >= 0.6 is 0 Å². The van der Waals surface area contributed by atoms with Gasteiger partial charge in [0.25, 0.3) is 5.91 Å². The predicted octanol–water partition coefficient (Wildman–Crippen LogP) is 2.44. The third-order valence-corrected chi connectivity index (χ3v) is 3.73. The molecular weight excluding hydrogens is 378 g/mol. The average molecular weight is 399 g/mol. The van der Waals surface area contributed by atoms with Gasteiger partial charge in [0.15, 0.2) is 18.1 Å². The fourth-order valence-electron chi connectivity index (χ4n) is 2.34. The minimum Gasteiger partial charge on any atom is -0.493 e. The zero-order valence-electron chi connectivity index (χ0n) is 16.3. The highest BCUT2D eigenvalue weighted by Crippen LogP contribution is 2.29. The summed E-state index contributed by atoms with van der Waals surface area (Å²) in [4.78, 5) is 35.6. The summed E-state index contributed by atoms with van der Waals surface area (Å²) in [5, 5.41) is 2.71. The van der Waals surface area contributed by atoms with Crippen LogP contribution in [0.1, 0.15) is 5.56 Å². The molecule has 2 aromatic carbocycles. The second-order valence-corrected chi connectivity index (χ2v) is 5.65. The molecular formula is C21H21NO7. The topological polar surface area (TPSA) is 100 Å². The fourth-order valence-corrected chi connectivity index (χ4v) is 2.34. The van der Waals surface area contributed by atoms with Crippen LogP contribution in [0.2, 0.25) is 0 Å². The summed E-state index contributed by atoms with van der Waals surface area (Å²) < 4.78 is 20.0. The molecule has 2 aromatic rings. The largest absolute Gasteiger partial charge is 0.493 e. The van der Waals surface area contributed by atoms with Crippen molar-refractivity contribution in [1.82, 2.24) is 0 Å². The average Bonchev–Trinajstić information content (AvgIpc) is 2.75. The number of nitrogens with one attached hydrogen (secondary N) is 1. The van der Waals surface area contributed by atoms with E-state index in [1.54, 1.807) is 30.3 Å². The Balaban J connectivity index is 2.13. The molecule has 0 aromatic heterocycles. The molecule has 0 spiro atoms. The monoisotopic (exact) mass is 399 g/mol. The van der Waals surface area contributed by atoms with Crippen LogP contribution in [0.15, 0.2) is 54.1 Å². The molecule has 0 aliphatic heterocycles. The zero-order chi connectivity index (χ0) is 21.2. The first kappa shape index (κ1) is 21.5. The van der Waals surface area contributed by atoms with Gasteiger partial charge in [0.1, 0.15) is 5.57 Å². The van der Waals surface area contributed by atoms with Crippen LogP contribution < -0.4 is 14.8 Å². The van der Waals surface area contributed by atoms with Gasteiger partial charge in [-0.05, 0) is 35.9 Å². The molecule has 0 saturated carbocycles. The van der Waals surface area contributed by atoms with E-state index in [-0.39, 0.29) is 18.1 Å². The van der Waals surface area contributed by atoms with Gasteiger partial charge in [-0.1, -0.05) is 24.3 Å². The highest BCUT2D eigenvalue weighted by Gasteiger charge is 2.20. The van der Waals surface area contributed by atoms with Crippen molar-refractivity contribution in [3.05, 3.63) is 59.7 Å². The lowest BCUT2D eigenvalue weighted by atomic mass is 10.1. The molecule has 8 heteroatoms. The number of hydrogen-bond acceptors (Lipinski definition) is 7. The molecule has 0 bridgehead atoms. The van der Waals surface area contributed by atoms with Gasteiger partial charge in [0, 0.05) is 5.69 Å². The minimum atomic E-state index is -0.825. The molecule has 0 saturated heterocycles. The molecule has 0 unspecified atom stereocenters. The van der Waals surface area contributed by atoms with Crippen LogP contribution in [0.5, 0.6) is 11.5 Å². The smallest absolute Gasteiger partial charge is 0.345 e. The fraction of sp³-hybridized carbons (Fsp3) is 0.190. The number of rotatable bonds is 8. The third-order valence-electron chi connectivity index (χ3n) is 3.73. The van der Waals surface area contributed by atoms with E-state index in [4.69, 9.17) is 9.47 Å². The second-order valence-electron chi connectivity index (χ2n) is 5.65. The summed E-state index contributed by atoms with van der Waals surface area (Å²) in [6.07, 6.45) is 1.31. The van der Waals surface area contributed by atoms with E-state index in [0.29, 0.717) is 22.7 Å². The number of ether oxygens (including phenoxy) is 4. The number of hydrogen-bond donors (Lipinski definition) is 1. The van der Waals surface area contributed by atoms with Crippen molar-refractivity contribution < 1.29 is 33.3 Å². The molecule has 1 amide bonds. The highest BCUT2D eigenvalue weighted by atomic mass is 16.5. The predicted molar refractivity (Wildman–Crippen MR) is 106 cm³/mol. The molecule has 0 radical (unpaired) electrons. The van der Waals surface area contributed by atoms with Crippen LogP contribution in [0.25, 0.3) is 6.08 Å². The molecule has 0 aliphatic carbocycles. The molecule has 0 fully saturated rings. The Hall–Kier alpha value is -3.81. The minimum absolute atomic E-state index is 0.226. The molecule has 0 atom stereocenters. The maximum Gasteiger partial charge on any atom is 0.345 e. The highest BCUT2D eigenvalue weighted by molar-refractivity contribution is 6.17. The molecule has 1 N–H and O–H groups in total. The van der Waals surface area contributed by atoms with E-state index in [9.17, 15) is 14.4 Å². The Labute approximate surface area is 168 Å². The molecule has 29 heavy (non-hydrogen) atoms. The van der Waals surface area contributed by atoms with E-state index >= 15 is 0 Å². The maximum absolute atomic E-state index is 12.0. The first-order valence-electron chi connectivity index (χ1n) is 8.52. The van der Waals surface area contributed by atoms with Crippen molar-refractivity contribution in [2.24, 2.45) is 0 Å². The zero-order valence-corrected chi connectivity index (χ0v) is 16.3. The number of carbonyl (C=O) groups excluding carboxylic acids is 3. The molecule has 0 heterocycles. The SMILES string of the molecule is COC(=O)C(=Cc1ccc(OCC(=O)Nc2ccccc2)c(OC)c1)C(=O)OC. The third kappa shape index (κ3) is 6.10. The van der Waals surface area contributed by atoms with Crippen molar-refractivity contribution in [1.29, 1.82) is 0 Å². The quantitative estimate of drug-likeness (QED) is 0.315. The van der Waals surface area contributed by atoms with Crippen molar-refractivity contribution in [3.63, 3.8) is 0 Å². The van der Waals surface area contributed by atoms with Gasteiger partial charge in [-0.25, -0.2) is 9.59 Å². The molecule has 0 aliphatic rings. The molecule has 8 nitrogen and oxygen atoms in total. The van der Waals surface area contributed by atoms with Crippen LogP contribution in [0.3, 0.4) is 0 Å². The number of esters is 2. The molecule has 2 rings (SSSR count). The van der Waals surface area contributed by atoms with E-state index < -0.39 is 11.9 Å². The van der Waals surface area contributed by atoms with Crippen molar-refractivity contribution in [2.45, 2.75) is 0 Å². The Kier molecular flexibility index (Phi) is 7.78. The second kappa shape index (κ2) is 10.5. The van der Waals surface area contributed by atoms with Crippen molar-refractivity contribution in [3.8, 4) is 11.5 Å².